The molecule has 2 aliphatic heterocycles. The topological polar surface area (TPSA) is 29.5 Å². The van der Waals surface area contributed by atoms with E-state index in [-0.39, 0.29) is 12.0 Å². The lowest BCUT2D eigenvalue weighted by Crippen LogP contribution is -2.38. The van der Waals surface area contributed by atoms with Crippen molar-refractivity contribution in [2.24, 2.45) is 0 Å². The highest BCUT2D eigenvalue weighted by Gasteiger charge is 2.24. The van der Waals surface area contributed by atoms with Crippen LogP contribution in [0.5, 0.6) is 0 Å². The fourth-order valence-corrected chi connectivity index (χ4v) is 2.29. The van der Waals surface area contributed by atoms with Crippen molar-refractivity contribution in [1.29, 1.82) is 0 Å². The molecule has 0 unspecified atom stereocenters. The molecule has 2 rings (SSSR count). The minimum atomic E-state index is 0.174. The molecule has 0 aliphatic carbocycles. The van der Waals surface area contributed by atoms with E-state index < -0.39 is 0 Å². The first-order chi connectivity index (χ1) is 7.25. The molecule has 0 saturated carbocycles. The number of likely N-dealkylation sites (tertiary alicyclic amines) is 1. The molecule has 0 bridgehead atoms. The van der Waals surface area contributed by atoms with Crippen molar-refractivity contribution in [3.05, 3.63) is 12.2 Å². The van der Waals surface area contributed by atoms with E-state index in [1.54, 1.807) is 0 Å². The molecule has 0 aromatic carbocycles. The van der Waals surface area contributed by atoms with Gasteiger partial charge in [-0.25, -0.2) is 0 Å². The molecule has 1 atom stereocenters. The summed E-state index contributed by atoms with van der Waals surface area (Å²) in [5.41, 5.74) is 1.18. The van der Waals surface area contributed by atoms with Crippen molar-refractivity contribution in [2.75, 3.05) is 19.7 Å². The molecule has 3 heteroatoms. The highest BCUT2D eigenvalue weighted by atomic mass is 16.5. The summed E-state index contributed by atoms with van der Waals surface area (Å²) < 4.78 is 5.47. The van der Waals surface area contributed by atoms with Gasteiger partial charge in [-0.2, -0.15) is 0 Å². The van der Waals surface area contributed by atoms with Crippen LogP contribution < -0.4 is 0 Å². The number of piperidine rings is 1. The highest BCUT2D eigenvalue weighted by molar-refractivity contribution is 5.77. The summed E-state index contributed by atoms with van der Waals surface area (Å²) in [7, 11) is 0. The van der Waals surface area contributed by atoms with Crippen LogP contribution >= 0.6 is 0 Å². The molecule has 2 saturated heterocycles. The number of hydrogen-bond donors (Lipinski definition) is 0. The van der Waals surface area contributed by atoms with Crippen LogP contribution in [0.15, 0.2) is 12.2 Å². The van der Waals surface area contributed by atoms with Crippen LogP contribution in [-0.4, -0.2) is 36.6 Å². The highest BCUT2D eigenvalue weighted by Crippen LogP contribution is 2.19. The second-order valence-electron chi connectivity index (χ2n) is 4.51. The molecule has 0 aromatic heterocycles. The summed E-state index contributed by atoms with van der Waals surface area (Å²) in [6.07, 6.45) is 5.02. The van der Waals surface area contributed by atoms with Crippen LogP contribution in [0, 0.1) is 0 Å². The molecule has 1 amide bonds. The zero-order valence-electron chi connectivity index (χ0n) is 9.21. The van der Waals surface area contributed by atoms with Gasteiger partial charge < -0.3 is 9.64 Å². The predicted molar refractivity (Wildman–Crippen MR) is 58.5 cm³/mol. The van der Waals surface area contributed by atoms with Gasteiger partial charge in [0.05, 0.1) is 12.5 Å². The largest absolute Gasteiger partial charge is 0.378 e. The van der Waals surface area contributed by atoms with E-state index in [2.05, 4.69) is 6.58 Å². The Morgan fingerprint density at radius 2 is 2.40 bits per heavy atom. The molecule has 0 aromatic rings. The predicted octanol–water partition coefficient (Wildman–Crippen LogP) is 1.73. The van der Waals surface area contributed by atoms with E-state index in [0.717, 1.165) is 45.4 Å². The average Bonchev–Trinajstić information content (AvgIpc) is 2.70. The Morgan fingerprint density at radius 3 is 3.07 bits per heavy atom. The maximum atomic E-state index is 11.9. The number of amides is 1. The fraction of sp³-hybridized carbons (Fsp3) is 0.750. The molecule has 0 N–H and O–H groups in total. The van der Waals surface area contributed by atoms with Gasteiger partial charge in [0.25, 0.3) is 0 Å². The smallest absolute Gasteiger partial charge is 0.225 e. The molecule has 2 fully saturated rings. The summed E-state index contributed by atoms with van der Waals surface area (Å²) in [5, 5.41) is 0. The van der Waals surface area contributed by atoms with Gasteiger partial charge in [-0.05, 0) is 25.7 Å². The van der Waals surface area contributed by atoms with Crippen molar-refractivity contribution < 1.29 is 9.53 Å². The summed E-state index contributed by atoms with van der Waals surface area (Å²) in [6.45, 7) is 6.43. The number of hydrogen-bond acceptors (Lipinski definition) is 2. The SMILES string of the molecule is C=C1CCCN(C(=O)C[C@H]2CCCO2)C1. The minimum absolute atomic E-state index is 0.174. The van der Waals surface area contributed by atoms with E-state index >= 15 is 0 Å². The average molecular weight is 209 g/mol. The van der Waals surface area contributed by atoms with E-state index in [1.807, 2.05) is 4.90 Å². The van der Waals surface area contributed by atoms with Crippen LogP contribution in [0.1, 0.15) is 32.1 Å². The first-order valence-electron chi connectivity index (χ1n) is 5.82. The van der Waals surface area contributed by atoms with Gasteiger partial charge in [-0.15, -0.1) is 0 Å². The lowest BCUT2D eigenvalue weighted by atomic mass is 10.1. The maximum Gasteiger partial charge on any atom is 0.225 e. The van der Waals surface area contributed by atoms with Gasteiger partial charge in [0.1, 0.15) is 0 Å². The summed E-state index contributed by atoms with van der Waals surface area (Å²) in [4.78, 5) is 13.8. The van der Waals surface area contributed by atoms with E-state index in [9.17, 15) is 4.79 Å². The van der Waals surface area contributed by atoms with Gasteiger partial charge in [0.2, 0.25) is 5.91 Å². The van der Waals surface area contributed by atoms with Gasteiger partial charge in [0.15, 0.2) is 0 Å². The first-order valence-corrected chi connectivity index (χ1v) is 5.82. The van der Waals surface area contributed by atoms with Crippen LogP contribution in [0.2, 0.25) is 0 Å². The molecular weight excluding hydrogens is 190 g/mol. The van der Waals surface area contributed by atoms with Crippen molar-refractivity contribution >= 4 is 5.91 Å². The normalized spacial score (nSPS) is 27.1. The fourth-order valence-electron chi connectivity index (χ4n) is 2.29. The van der Waals surface area contributed by atoms with Crippen LogP contribution in [0.4, 0.5) is 0 Å². The molecule has 15 heavy (non-hydrogen) atoms. The van der Waals surface area contributed by atoms with Gasteiger partial charge in [-0.3, -0.25) is 4.79 Å². The molecule has 84 valence electrons. The number of rotatable bonds is 2. The summed E-state index contributed by atoms with van der Waals surface area (Å²) in [5.74, 6) is 0.239. The van der Waals surface area contributed by atoms with Crippen molar-refractivity contribution in [3.63, 3.8) is 0 Å². The minimum Gasteiger partial charge on any atom is -0.378 e. The Labute approximate surface area is 91.1 Å². The van der Waals surface area contributed by atoms with Crippen molar-refractivity contribution in [2.45, 2.75) is 38.2 Å². The first kappa shape index (κ1) is 10.7. The molecule has 3 nitrogen and oxygen atoms in total. The quantitative estimate of drug-likeness (QED) is 0.648. The van der Waals surface area contributed by atoms with E-state index in [0.29, 0.717) is 6.42 Å². The third kappa shape index (κ3) is 2.81. The standard InChI is InChI=1S/C12H19NO2/c1-10-4-2-6-13(9-10)12(14)8-11-5-3-7-15-11/h11H,1-9H2/t11-/m1/s1. The Kier molecular flexibility index (Phi) is 3.41. The number of nitrogens with zero attached hydrogens (tertiary/aromatic N) is 1. The van der Waals surface area contributed by atoms with Crippen LogP contribution in [0.25, 0.3) is 0 Å². The molecule has 0 spiro atoms. The van der Waals surface area contributed by atoms with Crippen LogP contribution in [-0.2, 0) is 9.53 Å². The Balaban J connectivity index is 1.81. The van der Waals surface area contributed by atoms with Crippen molar-refractivity contribution in [3.8, 4) is 0 Å². The summed E-state index contributed by atoms with van der Waals surface area (Å²) in [6, 6.07) is 0. The van der Waals surface area contributed by atoms with E-state index in [4.69, 9.17) is 4.74 Å². The zero-order chi connectivity index (χ0) is 10.7. The maximum absolute atomic E-state index is 11.9. The van der Waals surface area contributed by atoms with Gasteiger partial charge >= 0.3 is 0 Å². The molecule has 2 aliphatic rings. The summed E-state index contributed by atoms with van der Waals surface area (Å²) >= 11 is 0. The third-order valence-electron chi connectivity index (χ3n) is 3.15. The Hall–Kier alpha value is -0.830. The Bertz CT molecular complexity index is 256. The number of carbonyl (C=O) groups excluding carboxylic acids is 1. The lowest BCUT2D eigenvalue weighted by Gasteiger charge is -2.29. The Morgan fingerprint density at radius 1 is 1.53 bits per heavy atom. The molecular formula is C12H19NO2. The van der Waals surface area contributed by atoms with E-state index in [1.165, 1.54) is 5.57 Å². The molecule has 2 heterocycles. The number of ether oxygens (including phenoxy) is 1. The third-order valence-corrected chi connectivity index (χ3v) is 3.15. The second-order valence-corrected chi connectivity index (χ2v) is 4.51. The van der Waals surface area contributed by atoms with Gasteiger partial charge in [-0.1, -0.05) is 12.2 Å². The van der Waals surface area contributed by atoms with Crippen LogP contribution in [0.3, 0.4) is 0 Å². The van der Waals surface area contributed by atoms with Crippen molar-refractivity contribution in [1.82, 2.24) is 4.90 Å². The lowest BCUT2D eigenvalue weighted by molar-refractivity contribution is -0.133. The monoisotopic (exact) mass is 209 g/mol. The second kappa shape index (κ2) is 4.79. The number of carbonyl (C=O) groups is 1. The zero-order valence-corrected chi connectivity index (χ0v) is 9.21. The van der Waals surface area contributed by atoms with Gasteiger partial charge in [0, 0.05) is 19.7 Å². The molecule has 0 radical (unpaired) electrons.